The summed E-state index contributed by atoms with van der Waals surface area (Å²) in [6.45, 7) is 0.708. The summed E-state index contributed by atoms with van der Waals surface area (Å²) < 4.78 is 26.7. The molecule has 1 amide bonds. The van der Waals surface area contributed by atoms with E-state index in [0.29, 0.717) is 30.8 Å². The van der Waals surface area contributed by atoms with Crippen molar-refractivity contribution in [2.24, 2.45) is 0 Å². The molecular weight excluding hydrogens is 416 g/mol. The second-order valence-corrected chi connectivity index (χ2v) is 9.22. The highest BCUT2D eigenvalue weighted by Crippen LogP contribution is 2.15. The average molecular weight is 441 g/mol. The van der Waals surface area contributed by atoms with E-state index in [1.807, 2.05) is 30.3 Å². The van der Waals surface area contributed by atoms with Gasteiger partial charge in [-0.1, -0.05) is 30.3 Å². The summed E-state index contributed by atoms with van der Waals surface area (Å²) >= 11 is 0. The molecule has 9 heteroatoms. The summed E-state index contributed by atoms with van der Waals surface area (Å²) in [6, 6.07) is 18.5. The van der Waals surface area contributed by atoms with E-state index in [0.717, 1.165) is 9.87 Å². The second-order valence-electron chi connectivity index (χ2n) is 7.07. The number of aromatic nitrogens is 2. The van der Waals surface area contributed by atoms with Crippen LogP contribution in [0.3, 0.4) is 0 Å². The maximum Gasteiger partial charge on any atom is 0.266 e. The van der Waals surface area contributed by atoms with Crippen molar-refractivity contribution in [2.75, 3.05) is 20.6 Å². The lowest BCUT2D eigenvalue weighted by atomic mass is 10.1. The lowest BCUT2D eigenvalue weighted by Gasteiger charge is -2.12. The van der Waals surface area contributed by atoms with E-state index in [1.54, 1.807) is 6.07 Å². The van der Waals surface area contributed by atoms with Crippen LogP contribution in [-0.2, 0) is 16.6 Å². The fourth-order valence-corrected chi connectivity index (χ4v) is 3.80. The Morgan fingerprint density at radius 3 is 2.32 bits per heavy atom. The van der Waals surface area contributed by atoms with Crippen LogP contribution in [0.1, 0.15) is 16.8 Å². The van der Waals surface area contributed by atoms with Crippen molar-refractivity contribution in [3.8, 4) is 11.3 Å². The van der Waals surface area contributed by atoms with Gasteiger partial charge in [0.25, 0.3) is 11.5 Å². The van der Waals surface area contributed by atoms with Crippen LogP contribution in [0.4, 0.5) is 0 Å². The minimum atomic E-state index is -3.54. The maximum absolute atomic E-state index is 12.3. The third-order valence-electron chi connectivity index (χ3n) is 4.66. The fourth-order valence-electron chi connectivity index (χ4n) is 2.89. The molecule has 0 aliphatic rings. The van der Waals surface area contributed by atoms with E-state index < -0.39 is 10.0 Å². The molecule has 0 radical (unpaired) electrons. The van der Waals surface area contributed by atoms with Gasteiger partial charge in [-0.05, 0) is 36.8 Å². The van der Waals surface area contributed by atoms with Crippen LogP contribution in [0, 0.1) is 0 Å². The van der Waals surface area contributed by atoms with Crippen molar-refractivity contribution in [2.45, 2.75) is 17.9 Å². The maximum atomic E-state index is 12.3. The Labute approximate surface area is 181 Å². The number of hydrogen-bond acceptors (Lipinski definition) is 5. The molecule has 3 rings (SSSR count). The summed E-state index contributed by atoms with van der Waals surface area (Å²) in [4.78, 5) is 24.5. The molecule has 0 fully saturated rings. The zero-order valence-corrected chi connectivity index (χ0v) is 18.2. The summed E-state index contributed by atoms with van der Waals surface area (Å²) in [7, 11) is -0.636. The molecule has 0 aliphatic carbocycles. The van der Waals surface area contributed by atoms with Gasteiger partial charge < -0.3 is 5.32 Å². The number of sulfonamides is 1. The SMILES string of the molecule is CN(C)S(=O)(=O)c1ccc(C(=O)NCCCn2nc(-c3ccccc3)ccc2=O)cc1. The van der Waals surface area contributed by atoms with E-state index in [2.05, 4.69) is 10.4 Å². The normalized spacial score (nSPS) is 11.5. The fraction of sp³-hybridized carbons (Fsp3) is 0.227. The largest absolute Gasteiger partial charge is 0.352 e. The first-order valence-electron chi connectivity index (χ1n) is 9.73. The number of rotatable bonds is 8. The molecule has 0 aliphatic heterocycles. The highest BCUT2D eigenvalue weighted by molar-refractivity contribution is 7.89. The Bertz CT molecular complexity index is 1200. The Morgan fingerprint density at radius 2 is 1.68 bits per heavy atom. The van der Waals surface area contributed by atoms with Crippen LogP contribution in [0.15, 0.2) is 76.4 Å². The molecule has 0 spiro atoms. The number of aryl methyl sites for hydroxylation is 1. The molecule has 8 nitrogen and oxygen atoms in total. The number of carbonyl (C=O) groups is 1. The Morgan fingerprint density at radius 1 is 1.00 bits per heavy atom. The van der Waals surface area contributed by atoms with Crippen molar-refractivity contribution < 1.29 is 13.2 Å². The van der Waals surface area contributed by atoms with E-state index in [-0.39, 0.29) is 16.4 Å². The van der Waals surface area contributed by atoms with Crippen molar-refractivity contribution in [3.63, 3.8) is 0 Å². The summed E-state index contributed by atoms with van der Waals surface area (Å²) in [5.74, 6) is -0.313. The van der Waals surface area contributed by atoms with Gasteiger partial charge in [0.2, 0.25) is 10.0 Å². The van der Waals surface area contributed by atoms with Crippen LogP contribution in [0.25, 0.3) is 11.3 Å². The summed E-state index contributed by atoms with van der Waals surface area (Å²) in [6.07, 6.45) is 0.518. The van der Waals surface area contributed by atoms with Gasteiger partial charge in [-0.2, -0.15) is 5.10 Å². The monoisotopic (exact) mass is 440 g/mol. The zero-order chi connectivity index (χ0) is 22.4. The lowest BCUT2D eigenvalue weighted by Crippen LogP contribution is -2.28. The van der Waals surface area contributed by atoms with Crippen molar-refractivity contribution in [1.82, 2.24) is 19.4 Å². The highest BCUT2D eigenvalue weighted by Gasteiger charge is 2.17. The summed E-state index contributed by atoms with van der Waals surface area (Å²) in [5, 5.41) is 7.17. The van der Waals surface area contributed by atoms with Crippen molar-refractivity contribution in [1.29, 1.82) is 0 Å². The first kappa shape index (κ1) is 22.4. The molecule has 1 N–H and O–H groups in total. The van der Waals surface area contributed by atoms with Crippen LogP contribution in [0.2, 0.25) is 0 Å². The minimum absolute atomic E-state index is 0.123. The zero-order valence-electron chi connectivity index (χ0n) is 17.4. The van der Waals surface area contributed by atoms with Gasteiger partial charge in [0.05, 0.1) is 10.6 Å². The number of hydrogen-bond donors (Lipinski definition) is 1. The first-order chi connectivity index (χ1) is 14.8. The van der Waals surface area contributed by atoms with E-state index in [1.165, 1.54) is 49.1 Å². The number of benzene rings is 2. The molecule has 0 unspecified atom stereocenters. The molecular formula is C22H24N4O4S. The van der Waals surface area contributed by atoms with Gasteiger partial charge in [-0.15, -0.1) is 0 Å². The van der Waals surface area contributed by atoms with Gasteiger partial charge in [0.15, 0.2) is 0 Å². The molecule has 0 atom stereocenters. The lowest BCUT2D eigenvalue weighted by molar-refractivity contribution is 0.0952. The number of nitrogens with zero attached hydrogens (tertiary/aromatic N) is 3. The van der Waals surface area contributed by atoms with Crippen molar-refractivity contribution >= 4 is 15.9 Å². The summed E-state index contributed by atoms with van der Waals surface area (Å²) in [5.41, 5.74) is 1.78. The Kier molecular flexibility index (Phi) is 6.98. The number of nitrogens with one attached hydrogen (secondary N) is 1. The van der Waals surface area contributed by atoms with Crippen molar-refractivity contribution in [3.05, 3.63) is 82.6 Å². The van der Waals surface area contributed by atoms with E-state index >= 15 is 0 Å². The molecule has 162 valence electrons. The highest BCUT2D eigenvalue weighted by atomic mass is 32.2. The van der Waals surface area contributed by atoms with Gasteiger partial charge in [-0.3, -0.25) is 9.59 Å². The van der Waals surface area contributed by atoms with Gasteiger partial charge in [0.1, 0.15) is 0 Å². The smallest absolute Gasteiger partial charge is 0.266 e. The van der Waals surface area contributed by atoms with Crippen LogP contribution < -0.4 is 10.9 Å². The predicted molar refractivity (Wildman–Crippen MR) is 118 cm³/mol. The topological polar surface area (TPSA) is 101 Å². The molecule has 0 bridgehead atoms. The number of amides is 1. The Hall–Kier alpha value is -3.30. The van der Waals surface area contributed by atoms with Crippen LogP contribution in [0.5, 0.6) is 0 Å². The molecule has 1 heterocycles. The standard InChI is InChI=1S/C22H24N4O4S/c1-25(2)31(29,30)19-11-9-18(10-12-19)22(28)23-15-6-16-26-21(27)14-13-20(24-26)17-7-4-3-5-8-17/h3-5,7-14H,6,15-16H2,1-2H3,(H,23,28). The third kappa shape index (κ3) is 5.44. The van der Waals surface area contributed by atoms with Gasteiger partial charge in [-0.25, -0.2) is 17.4 Å². The van der Waals surface area contributed by atoms with Crippen LogP contribution in [-0.4, -0.2) is 49.1 Å². The first-order valence-corrected chi connectivity index (χ1v) is 11.2. The van der Waals surface area contributed by atoms with Gasteiger partial charge in [0, 0.05) is 44.4 Å². The quantitative estimate of drug-likeness (QED) is 0.540. The predicted octanol–water partition coefficient (Wildman–Crippen LogP) is 1.98. The van der Waals surface area contributed by atoms with E-state index in [9.17, 15) is 18.0 Å². The molecule has 31 heavy (non-hydrogen) atoms. The molecule has 3 aromatic rings. The third-order valence-corrected chi connectivity index (χ3v) is 6.49. The van der Waals surface area contributed by atoms with Gasteiger partial charge >= 0.3 is 0 Å². The average Bonchev–Trinajstić information content (AvgIpc) is 2.78. The molecule has 0 saturated carbocycles. The minimum Gasteiger partial charge on any atom is -0.352 e. The number of carbonyl (C=O) groups excluding carboxylic acids is 1. The molecule has 0 saturated heterocycles. The Balaban J connectivity index is 1.56. The molecule has 2 aromatic carbocycles. The van der Waals surface area contributed by atoms with Crippen LogP contribution >= 0.6 is 0 Å². The second kappa shape index (κ2) is 9.67. The van der Waals surface area contributed by atoms with E-state index in [4.69, 9.17) is 0 Å². The molecule has 1 aromatic heterocycles.